The van der Waals surface area contributed by atoms with Crippen LogP contribution in [-0.2, 0) is 9.47 Å². The molecule has 0 aliphatic carbocycles. The number of aromatic hydroxyl groups is 3. The number of phenolic OH excluding ortho intramolecular Hbond substituents is 3. The molecule has 2 aliphatic rings. The van der Waals surface area contributed by atoms with Gasteiger partial charge < -0.3 is 44.8 Å². The highest BCUT2D eigenvalue weighted by atomic mass is 16.7. The van der Waals surface area contributed by atoms with Gasteiger partial charge in [0.1, 0.15) is 46.9 Å². The molecule has 6 N–H and O–H groups in total. The first-order chi connectivity index (χ1) is 14.7. The summed E-state index contributed by atoms with van der Waals surface area (Å²) in [5.74, 6) is -1.64. The Morgan fingerprint density at radius 2 is 1.58 bits per heavy atom. The maximum Gasteiger partial charge on any atom is 0.203 e. The second kappa shape index (κ2) is 7.98. The first kappa shape index (κ1) is 21.3. The van der Waals surface area contributed by atoms with Gasteiger partial charge in [-0.1, -0.05) is 12.1 Å². The van der Waals surface area contributed by atoms with E-state index in [9.17, 15) is 35.4 Å². The molecule has 0 aromatic heterocycles. The third-order valence-corrected chi connectivity index (χ3v) is 5.41. The van der Waals surface area contributed by atoms with Gasteiger partial charge in [-0.05, 0) is 24.6 Å². The van der Waals surface area contributed by atoms with Crippen LogP contribution in [0.3, 0.4) is 0 Å². The summed E-state index contributed by atoms with van der Waals surface area (Å²) in [5, 5.41) is 59.8. The maximum absolute atomic E-state index is 13.3. The van der Waals surface area contributed by atoms with Crippen molar-refractivity contribution < 1.29 is 49.6 Å². The number of Topliss-reactive ketones (excluding diaryl/α,β-unsaturated/α-hetero) is 1. The fourth-order valence-electron chi connectivity index (χ4n) is 3.72. The fraction of sp³-hybridized carbons (Fsp3) is 0.381. The Morgan fingerprint density at radius 3 is 2.26 bits per heavy atom. The van der Waals surface area contributed by atoms with Crippen LogP contribution in [0.2, 0.25) is 0 Å². The zero-order valence-corrected chi connectivity index (χ0v) is 16.3. The van der Waals surface area contributed by atoms with Gasteiger partial charge in [0, 0.05) is 12.1 Å². The van der Waals surface area contributed by atoms with E-state index in [0.717, 1.165) is 6.07 Å². The van der Waals surface area contributed by atoms with E-state index in [1.807, 2.05) is 0 Å². The van der Waals surface area contributed by atoms with Gasteiger partial charge in [-0.25, -0.2) is 0 Å². The Balaban J connectivity index is 1.73. The van der Waals surface area contributed by atoms with E-state index in [1.54, 1.807) is 0 Å². The maximum atomic E-state index is 13.3. The lowest BCUT2D eigenvalue weighted by Crippen LogP contribution is -2.59. The topological polar surface area (TPSA) is 166 Å². The molecule has 166 valence electrons. The Labute approximate surface area is 176 Å². The molecule has 0 radical (unpaired) electrons. The first-order valence-corrected chi connectivity index (χ1v) is 9.58. The van der Waals surface area contributed by atoms with Crippen LogP contribution in [0.5, 0.6) is 23.0 Å². The van der Waals surface area contributed by atoms with Gasteiger partial charge in [0.2, 0.25) is 5.78 Å². The summed E-state index contributed by atoms with van der Waals surface area (Å²) in [4.78, 5) is 13.3. The first-order valence-electron chi connectivity index (χ1n) is 9.58. The van der Waals surface area contributed by atoms with Gasteiger partial charge in [-0.3, -0.25) is 4.79 Å². The lowest BCUT2D eigenvalue weighted by Gasteiger charge is -2.42. The molecular formula is C21H22O10. The lowest BCUT2D eigenvalue weighted by molar-refractivity contribution is -0.304. The predicted molar refractivity (Wildman–Crippen MR) is 103 cm³/mol. The number of rotatable bonds is 3. The van der Waals surface area contributed by atoms with Crippen LogP contribution >= 0.6 is 0 Å². The quantitative estimate of drug-likeness (QED) is 0.396. The van der Waals surface area contributed by atoms with Crippen LogP contribution in [0, 0.1) is 0 Å². The lowest BCUT2D eigenvalue weighted by atomic mass is 9.92. The van der Waals surface area contributed by atoms with Gasteiger partial charge in [0.05, 0.1) is 6.10 Å². The van der Waals surface area contributed by atoms with Gasteiger partial charge in [-0.2, -0.15) is 0 Å². The van der Waals surface area contributed by atoms with Crippen molar-refractivity contribution in [3.8, 4) is 23.0 Å². The van der Waals surface area contributed by atoms with Crippen molar-refractivity contribution in [2.75, 3.05) is 0 Å². The second-order valence-electron chi connectivity index (χ2n) is 7.57. The van der Waals surface area contributed by atoms with Crippen molar-refractivity contribution >= 4 is 5.78 Å². The van der Waals surface area contributed by atoms with E-state index in [1.165, 1.54) is 37.3 Å². The number of hydrogen-bond donors (Lipinski definition) is 6. The molecule has 7 atom stereocenters. The molecule has 2 aromatic carbocycles. The smallest absolute Gasteiger partial charge is 0.203 e. The zero-order valence-electron chi connectivity index (χ0n) is 16.3. The molecule has 0 bridgehead atoms. The highest BCUT2D eigenvalue weighted by Gasteiger charge is 2.48. The van der Waals surface area contributed by atoms with Crippen molar-refractivity contribution in [3.63, 3.8) is 0 Å². The zero-order chi connectivity index (χ0) is 22.4. The molecule has 2 aromatic rings. The molecule has 0 unspecified atom stereocenters. The van der Waals surface area contributed by atoms with Crippen LogP contribution in [0.4, 0.5) is 0 Å². The van der Waals surface area contributed by atoms with E-state index in [-0.39, 0.29) is 22.8 Å². The summed E-state index contributed by atoms with van der Waals surface area (Å²) in [6.07, 6.45) is -9.49. The summed E-state index contributed by atoms with van der Waals surface area (Å²) in [7, 11) is 0. The van der Waals surface area contributed by atoms with Crippen molar-refractivity contribution in [3.05, 3.63) is 47.5 Å². The van der Waals surface area contributed by atoms with Crippen molar-refractivity contribution in [1.29, 1.82) is 0 Å². The van der Waals surface area contributed by atoms with Crippen LogP contribution < -0.4 is 4.74 Å². The van der Waals surface area contributed by atoms with Crippen molar-refractivity contribution in [2.24, 2.45) is 0 Å². The molecule has 2 heterocycles. The van der Waals surface area contributed by atoms with E-state index in [0.29, 0.717) is 5.56 Å². The highest BCUT2D eigenvalue weighted by Crippen LogP contribution is 2.43. The number of fused-ring (bicyclic) bond motifs is 1. The molecule has 10 heteroatoms. The monoisotopic (exact) mass is 434 g/mol. The third-order valence-electron chi connectivity index (χ3n) is 5.41. The minimum Gasteiger partial charge on any atom is -0.508 e. The number of hydrogen-bond acceptors (Lipinski definition) is 10. The van der Waals surface area contributed by atoms with Gasteiger partial charge in [-0.15, -0.1) is 0 Å². The Hall–Kier alpha value is -2.89. The third kappa shape index (κ3) is 3.80. The number of aliphatic hydroxyl groups is 3. The van der Waals surface area contributed by atoms with E-state index < -0.39 is 54.4 Å². The minimum absolute atomic E-state index is 0.0176. The number of carbonyl (C=O) groups is 1. The number of carbonyl (C=O) groups excluding carboxylic acids is 1. The summed E-state index contributed by atoms with van der Waals surface area (Å²) < 4.78 is 17.0. The van der Waals surface area contributed by atoms with Crippen LogP contribution in [0.25, 0.3) is 0 Å². The minimum atomic E-state index is -1.66. The molecule has 1 fully saturated rings. The predicted octanol–water partition coefficient (Wildman–Crippen LogP) is 0.332. The average Bonchev–Trinajstić information content (AvgIpc) is 2.72. The van der Waals surface area contributed by atoms with Gasteiger partial charge in [0.15, 0.2) is 18.5 Å². The number of benzene rings is 2. The molecule has 31 heavy (non-hydrogen) atoms. The Kier molecular flexibility index (Phi) is 5.50. The van der Waals surface area contributed by atoms with E-state index in [4.69, 9.17) is 14.2 Å². The molecule has 0 amide bonds. The van der Waals surface area contributed by atoms with Crippen LogP contribution in [0.1, 0.15) is 28.9 Å². The number of ether oxygens (including phenoxy) is 3. The molecule has 1 saturated heterocycles. The summed E-state index contributed by atoms with van der Waals surface area (Å²) in [6.45, 7) is 1.47. The molecule has 0 saturated carbocycles. The second-order valence-corrected chi connectivity index (χ2v) is 7.57. The number of phenols is 3. The molecular weight excluding hydrogens is 412 g/mol. The summed E-state index contributed by atoms with van der Waals surface area (Å²) >= 11 is 0. The van der Waals surface area contributed by atoms with Crippen LogP contribution in [0.15, 0.2) is 36.4 Å². The Morgan fingerprint density at radius 1 is 0.903 bits per heavy atom. The van der Waals surface area contributed by atoms with E-state index in [2.05, 4.69) is 0 Å². The van der Waals surface area contributed by atoms with Gasteiger partial charge in [0.25, 0.3) is 0 Å². The molecule has 10 nitrogen and oxygen atoms in total. The standard InChI is InChI=1S/C21H22O10/c1-8-15(25)17(27)18(28)21(29-8)31-20-16(26)14-12(24)6-11(23)7-13(14)30-19(20)9-2-4-10(22)5-3-9/h2-8,15,17-25,27-28H,1H3/t8-,15+,17+,18+,19+,20-,21+/m1/s1. The fourth-order valence-corrected chi connectivity index (χ4v) is 3.72. The molecule has 4 rings (SSSR count). The van der Waals surface area contributed by atoms with Crippen molar-refractivity contribution in [2.45, 2.75) is 49.8 Å². The van der Waals surface area contributed by atoms with Crippen molar-refractivity contribution in [1.82, 2.24) is 0 Å². The Bertz CT molecular complexity index is 975. The average molecular weight is 434 g/mol. The van der Waals surface area contributed by atoms with Gasteiger partial charge >= 0.3 is 0 Å². The summed E-state index contributed by atoms with van der Waals surface area (Å²) in [6, 6.07) is 7.90. The molecule has 0 spiro atoms. The largest absolute Gasteiger partial charge is 0.508 e. The van der Waals surface area contributed by atoms with E-state index >= 15 is 0 Å². The number of aliphatic hydroxyl groups excluding tert-OH is 3. The SMILES string of the molecule is C[C@H]1O[C@@H](O[C@@H]2C(=O)c3c(O)cc(O)cc3O[C@H]2c2ccc(O)cc2)[C@@H](O)[C@@H](O)[C@H]1O. The normalized spacial score (nSPS) is 32.9. The molecule has 2 aliphatic heterocycles. The highest BCUT2D eigenvalue weighted by molar-refractivity contribution is 6.05. The number of ketones is 1. The van der Waals surface area contributed by atoms with Crippen LogP contribution in [-0.4, -0.2) is 73.2 Å². The summed E-state index contributed by atoms with van der Waals surface area (Å²) in [5.41, 5.74) is 0.195.